The second-order valence-electron chi connectivity index (χ2n) is 5.77. The van der Waals surface area contributed by atoms with Crippen molar-refractivity contribution in [1.82, 2.24) is 4.90 Å². The van der Waals surface area contributed by atoms with E-state index in [-0.39, 0.29) is 22.7 Å². The van der Waals surface area contributed by atoms with Crippen LogP contribution < -0.4 is 0 Å². The molecule has 1 amide bonds. The number of rotatable bonds is 2. The third kappa shape index (κ3) is 2.94. The summed E-state index contributed by atoms with van der Waals surface area (Å²) in [6.45, 7) is 2.14. The van der Waals surface area contributed by atoms with E-state index >= 15 is 0 Å². The molecule has 1 aromatic rings. The Kier molecular flexibility index (Phi) is 4.31. The summed E-state index contributed by atoms with van der Waals surface area (Å²) in [7, 11) is 0. The number of nitrogens with zero attached hydrogens (tertiary/aromatic N) is 2. The number of nitro benzene ring substituents is 1. The molecule has 0 spiro atoms. The van der Waals surface area contributed by atoms with Gasteiger partial charge in [-0.2, -0.15) is 0 Å². The fraction of sp³-hybridized carbons (Fsp3) is 0.533. The average Bonchev–Trinajstić information content (AvgIpc) is 2.53. The van der Waals surface area contributed by atoms with Gasteiger partial charge < -0.3 is 9.64 Å². The van der Waals surface area contributed by atoms with E-state index in [1.807, 2.05) is 0 Å². The predicted octanol–water partition coefficient (Wildman–Crippen LogP) is 2.89. The summed E-state index contributed by atoms with van der Waals surface area (Å²) in [5.41, 5.74) is 0.211. The minimum absolute atomic E-state index is 0.00765. The van der Waals surface area contributed by atoms with Gasteiger partial charge in [-0.25, -0.2) is 0 Å². The maximum atomic E-state index is 12.6. The van der Waals surface area contributed by atoms with E-state index in [0.29, 0.717) is 24.6 Å². The summed E-state index contributed by atoms with van der Waals surface area (Å²) < 4.78 is 5.74. The minimum Gasteiger partial charge on any atom is -0.378 e. The quantitative estimate of drug-likeness (QED) is 0.619. The fourth-order valence-corrected chi connectivity index (χ4v) is 3.49. The molecular weight excluding hydrogens is 308 g/mol. The van der Waals surface area contributed by atoms with Crippen LogP contribution in [0.2, 0.25) is 5.02 Å². The Hall–Kier alpha value is -1.66. The molecule has 7 heteroatoms. The number of benzene rings is 1. The van der Waals surface area contributed by atoms with Crippen LogP contribution in [0.4, 0.5) is 5.69 Å². The third-order valence-corrected chi connectivity index (χ3v) is 4.70. The summed E-state index contributed by atoms with van der Waals surface area (Å²) in [5, 5.41) is 10.8. The van der Waals surface area contributed by atoms with Crippen LogP contribution in [0.25, 0.3) is 0 Å². The van der Waals surface area contributed by atoms with Crippen molar-refractivity contribution in [2.75, 3.05) is 19.7 Å². The first-order valence-electron chi connectivity index (χ1n) is 7.41. The van der Waals surface area contributed by atoms with E-state index in [4.69, 9.17) is 16.3 Å². The van der Waals surface area contributed by atoms with Gasteiger partial charge in [-0.15, -0.1) is 0 Å². The van der Waals surface area contributed by atoms with Crippen LogP contribution in [0.5, 0.6) is 0 Å². The van der Waals surface area contributed by atoms with Gasteiger partial charge in [-0.05, 0) is 31.4 Å². The van der Waals surface area contributed by atoms with Crippen LogP contribution in [0.3, 0.4) is 0 Å². The van der Waals surface area contributed by atoms with E-state index in [1.165, 1.54) is 18.2 Å². The molecule has 0 aromatic heterocycles. The Morgan fingerprint density at radius 2 is 2.23 bits per heavy atom. The van der Waals surface area contributed by atoms with Gasteiger partial charge in [0.05, 0.1) is 11.0 Å². The SMILES string of the molecule is O=C(c1ccc([N+](=O)[O-])c(Cl)c1)N1CC[C@@H]2OCCC[C@@H]2C1. The van der Waals surface area contributed by atoms with Crippen LogP contribution >= 0.6 is 11.6 Å². The molecule has 6 nitrogen and oxygen atoms in total. The van der Waals surface area contributed by atoms with E-state index in [2.05, 4.69) is 0 Å². The molecule has 0 N–H and O–H groups in total. The lowest BCUT2D eigenvalue weighted by Gasteiger charge is -2.41. The van der Waals surface area contributed by atoms with Crippen molar-refractivity contribution in [3.63, 3.8) is 0 Å². The molecule has 2 heterocycles. The predicted molar refractivity (Wildman–Crippen MR) is 81.1 cm³/mol. The third-order valence-electron chi connectivity index (χ3n) is 4.39. The Morgan fingerprint density at radius 1 is 1.41 bits per heavy atom. The van der Waals surface area contributed by atoms with Crippen molar-refractivity contribution >= 4 is 23.2 Å². The van der Waals surface area contributed by atoms with Crippen molar-refractivity contribution in [2.45, 2.75) is 25.4 Å². The highest BCUT2D eigenvalue weighted by molar-refractivity contribution is 6.33. The van der Waals surface area contributed by atoms with Crippen LogP contribution in [0.15, 0.2) is 18.2 Å². The zero-order valence-corrected chi connectivity index (χ0v) is 12.8. The highest BCUT2D eigenvalue weighted by Gasteiger charge is 2.34. The summed E-state index contributed by atoms with van der Waals surface area (Å²) in [6, 6.07) is 4.13. The molecule has 0 unspecified atom stereocenters. The molecule has 0 radical (unpaired) electrons. The lowest BCUT2D eigenvalue weighted by molar-refractivity contribution is -0.384. The molecule has 22 heavy (non-hydrogen) atoms. The molecule has 2 aliphatic rings. The first-order valence-corrected chi connectivity index (χ1v) is 7.79. The van der Waals surface area contributed by atoms with Crippen molar-refractivity contribution < 1.29 is 14.5 Å². The maximum Gasteiger partial charge on any atom is 0.287 e. The number of hydrogen-bond acceptors (Lipinski definition) is 4. The minimum atomic E-state index is -0.554. The molecule has 2 fully saturated rings. The van der Waals surface area contributed by atoms with Crippen LogP contribution in [0.1, 0.15) is 29.6 Å². The highest BCUT2D eigenvalue weighted by atomic mass is 35.5. The van der Waals surface area contributed by atoms with Gasteiger partial charge in [-0.1, -0.05) is 11.6 Å². The first kappa shape index (κ1) is 15.2. The Morgan fingerprint density at radius 3 is 2.95 bits per heavy atom. The Balaban J connectivity index is 1.74. The lowest BCUT2D eigenvalue weighted by Crippen LogP contribution is -2.48. The van der Waals surface area contributed by atoms with Crippen molar-refractivity contribution in [3.05, 3.63) is 38.9 Å². The lowest BCUT2D eigenvalue weighted by atomic mass is 9.88. The summed E-state index contributed by atoms with van der Waals surface area (Å²) in [6.07, 6.45) is 3.22. The molecular formula is C15H17ClN2O4. The van der Waals surface area contributed by atoms with Crippen molar-refractivity contribution in [3.8, 4) is 0 Å². The van der Waals surface area contributed by atoms with Crippen LogP contribution in [-0.4, -0.2) is 41.5 Å². The molecule has 0 saturated carbocycles. The number of fused-ring (bicyclic) bond motifs is 1. The zero-order valence-electron chi connectivity index (χ0n) is 12.0. The topological polar surface area (TPSA) is 72.7 Å². The molecule has 2 atom stereocenters. The normalized spacial score (nSPS) is 24.7. The molecule has 3 rings (SSSR count). The van der Waals surface area contributed by atoms with Crippen LogP contribution in [-0.2, 0) is 4.74 Å². The van der Waals surface area contributed by atoms with Crippen molar-refractivity contribution in [2.24, 2.45) is 5.92 Å². The van der Waals surface area contributed by atoms with Gasteiger partial charge in [-0.3, -0.25) is 14.9 Å². The smallest absolute Gasteiger partial charge is 0.287 e. The van der Waals surface area contributed by atoms with Gasteiger partial charge in [0.2, 0.25) is 0 Å². The molecule has 0 aliphatic carbocycles. The molecule has 2 aliphatic heterocycles. The standard InChI is InChI=1S/C15H17ClN2O4/c16-12-8-10(3-4-13(12)18(20)21)15(19)17-6-5-14-11(9-17)2-1-7-22-14/h3-4,8,11,14H,1-2,5-7,9H2/t11-,14+/m1/s1. The number of nitro groups is 1. The second-order valence-corrected chi connectivity index (χ2v) is 6.18. The van der Waals surface area contributed by atoms with Gasteiger partial charge in [0.25, 0.3) is 11.6 Å². The summed E-state index contributed by atoms with van der Waals surface area (Å²) in [4.78, 5) is 24.6. The molecule has 1 aromatic carbocycles. The van der Waals surface area contributed by atoms with Gasteiger partial charge in [0.15, 0.2) is 0 Å². The fourth-order valence-electron chi connectivity index (χ4n) is 3.24. The zero-order chi connectivity index (χ0) is 15.7. The monoisotopic (exact) mass is 324 g/mol. The maximum absolute atomic E-state index is 12.6. The van der Waals surface area contributed by atoms with Crippen molar-refractivity contribution in [1.29, 1.82) is 0 Å². The Bertz CT molecular complexity index is 607. The van der Waals surface area contributed by atoms with Gasteiger partial charge in [0, 0.05) is 37.2 Å². The largest absolute Gasteiger partial charge is 0.378 e. The van der Waals surface area contributed by atoms with E-state index in [9.17, 15) is 14.9 Å². The number of carbonyl (C=O) groups excluding carboxylic acids is 1. The molecule has 0 bridgehead atoms. The first-order chi connectivity index (χ1) is 10.6. The molecule has 2 saturated heterocycles. The number of ether oxygens (including phenoxy) is 1. The summed E-state index contributed by atoms with van der Waals surface area (Å²) in [5.74, 6) is 0.265. The van der Waals surface area contributed by atoms with E-state index in [0.717, 1.165) is 25.9 Å². The number of piperidine rings is 1. The number of carbonyl (C=O) groups is 1. The number of amides is 1. The number of likely N-dealkylation sites (tertiary alicyclic amines) is 1. The van der Waals surface area contributed by atoms with Gasteiger partial charge >= 0.3 is 0 Å². The highest BCUT2D eigenvalue weighted by Crippen LogP contribution is 2.30. The van der Waals surface area contributed by atoms with E-state index in [1.54, 1.807) is 4.90 Å². The van der Waals surface area contributed by atoms with Gasteiger partial charge in [0.1, 0.15) is 5.02 Å². The molecule has 118 valence electrons. The Labute approximate surface area is 133 Å². The average molecular weight is 325 g/mol. The van der Waals surface area contributed by atoms with E-state index < -0.39 is 4.92 Å². The number of halogens is 1. The van der Waals surface area contributed by atoms with Crippen LogP contribution in [0, 0.1) is 16.0 Å². The number of hydrogen-bond donors (Lipinski definition) is 0. The second kappa shape index (κ2) is 6.22. The summed E-state index contributed by atoms with van der Waals surface area (Å²) >= 11 is 5.89.